The number of rotatable bonds is 3. The Bertz CT molecular complexity index is 954. The molecule has 0 saturated carbocycles. The number of carbonyl (C=O) groups excluding carboxylic acids is 2. The van der Waals surface area contributed by atoms with Gasteiger partial charge in [0.15, 0.2) is 11.5 Å². The standard InChI is InChI=1S/C20H19N3O3/c24-15-7-5-13(6-8-15)19(25)14-9-11-23(12-10-14)20(26)18-16-3-1-2-4-17(16)21-22-18/h1-8,14,24H,9-12H2,(H,21,22). The summed E-state index contributed by atoms with van der Waals surface area (Å²) in [7, 11) is 0. The summed E-state index contributed by atoms with van der Waals surface area (Å²) in [5, 5.41) is 17.2. The first kappa shape index (κ1) is 16.3. The second-order valence-electron chi connectivity index (χ2n) is 6.60. The van der Waals surface area contributed by atoms with Crippen molar-refractivity contribution in [3.63, 3.8) is 0 Å². The van der Waals surface area contributed by atoms with Crippen molar-refractivity contribution >= 4 is 22.6 Å². The maximum absolute atomic E-state index is 12.8. The third-order valence-electron chi connectivity index (χ3n) is 4.98. The first-order valence-electron chi connectivity index (χ1n) is 8.69. The molecule has 0 unspecified atom stereocenters. The molecule has 0 spiro atoms. The number of likely N-dealkylation sites (tertiary alicyclic amines) is 1. The van der Waals surface area contributed by atoms with Gasteiger partial charge in [0.1, 0.15) is 5.75 Å². The van der Waals surface area contributed by atoms with Crippen LogP contribution in [0, 0.1) is 5.92 Å². The number of H-pyrrole nitrogens is 1. The fourth-order valence-electron chi connectivity index (χ4n) is 3.48. The Morgan fingerprint density at radius 2 is 1.73 bits per heavy atom. The van der Waals surface area contributed by atoms with Crippen molar-refractivity contribution < 1.29 is 14.7 Å². The summed E-state index contributed by atoms with van der Waals surface area (Å²) in [6.07, 6.45) is 1.27. The lowest BCUT2D eigenvalue weighted by molar-refractivity contribution is 0.0647. The van der Waals surface area contributed by atoms with Crippen LogP contribution >= 0.6 is 0 Å². The number of fused-ring (bicyclic) bond motifs is 1. The smallest absolute Gasteiger partial charge is 0.274 e. The molecule has 6 nitrogen and oxygen atoms in total. The van der Waals surface area contributed by atoms with Gasteiger partial charge in [0.2, 0.25) is 0 Å². The first-order chi connectivity index (χ1) is 12.6. The van der Waals surface area contributed by atoms with Crippen molar-refractivity contribution in [2.75, 3.05) is 13.1 Å². The number of hydrogen-bond donors (Lipinski definition) is 2. The third kappa shape index (κ3) is 2.94. The van der Waals surface area contributed by atoms with Gasteiger partial charge in [0, 0.05) is 30.0 Å². The van der Waals surface area contributed by atoms with Crippen LogP contribution in [0.15, 0.2) is 48.5 Å². The molecule has 1 amide bonds. The number of piperidine rings is 1. The number of aromatic hydroxyl groups is 1. The molecule has 2 heterocycles. The lowest BCUT2D eigenvalue weighted by Gasteiger charge is -2.31. The molecular formula is C20H19N3O3. The Morgan fingerprint density at radius 3 is 2.46 bits per heavy atom. The van der Waals surface area contributed by atoms with Crippen molar-refractivity contribution in [2.45, 2.75) is 12.8 Å². The second-order valence-corrected chi connectivity index (χ2v) is 6.60. The van der Waals surface area contributed by atoms with E-state index in [1.807, 2.05) is 24.3 Å². The van der Waals surface area contributed by atoms with Crippen LogP contribution in [0.2, 0.25) is 0 Å². The van der Waals surface area contributed by atoms with Crippen molar-refractivity contribution in [1.82, 2.24) is 15.1 Å². The van der Waals surface area contributed by atoms with Gasteiger partial charge in [-0.2, -0.15) is 5.10 Å². The number of carbonyl (C=O) groups is 2. The molecule has 1 aromatic heterocycles. The number of Topliss-reactive ketones (excluding diaryl/α,β-unsaturated/α-hetero) is 1. The predicted octanol–water partition coefficient (Wildman–Crippen LogP) is 3.00. The van der Waals surface area contributed by atoms with Crippen LogP contribution in [-0.4, -0.2) is 45.0 Å². The number of phenolic OH excluding ortho intramolecular Hbond substituents is 1. The average Bonchev–Trinajstić information content (AvgIpc) is 3.12. The highest BCUT2D eigenvalue weighted by Gasteiger charge is 2.29. The van der Waals surface area contributed by atoms with Crippen LogP contribution < -0.4 is 0 Å². The fraction of sp³-hybridized carbons (Fsp3) is 0.250. The molecule has 6 heteroatoms. The summed E-state index contributed by atoms with van der Waals surface area (Å²) in [4.78, 5) is 27.1. The maximum Gasteiger partial charge on any atom is 0.274 e. The molecule has 0 radical (unpaired) electrons. The van der Waals surface area contributed by atoms with Crippen molar-refractivity contribution in [1.29, 1.82) is 0 Å². The van der Waals surface area contributed by atoms with E-state index < -0.39 is 0 Å². The van der Waals surface area contributed by atoms with E-state index in [1.54, 1.807) is 17.0 Å². The van der Waals surface area contributed by atoms with Crippen LogP contribution in [0.4, 0.5) is 0 Å². The second kappa shape index (κ2) is 6.63. The van der Waals surface area contributed by atoms with Gasteiger partial charge in [-0.15, -0.1) is 0 Å². The van der Waals surface area contributed by atoms with E-state index in [4.69, 9.17) is 0 Å². The normalized spacial score (nSPS) is 15.3. The van der Waals surface area contributed by atoms with Crippen LogP contribution in [-0.2, 0) is 0 Å². The molecule has 4 rings (SSSR count). The van der Waals surface area contributed by atoms with Crippen LogP contribution in [0.3, 0.4) is 0 Å². The number of benzene rings is 2. The number of para-hydroxylation sites is 1. The number of amides is 1. The van der Waals surface area contributed by atoms with Gasteiger partial charge in [-0.3, -0.25) is 14.7 Å². The van der Waals surface area contributed by atoms with Crippen molar-refractivity contribution in [2.24, 2.45) is 5.92 Å². The third-order valence-corrected chi connectivity index (χ3v) is 4.98. The lowest BCUT2D eigenvalue weighted by atomic mass is 9.88. The topological polar surface area (TPSA) is 86.3 Å². The minimum Gasteiger partial charge on any atom is -0.508 e. The summed E-state index contributed by atoms with van der Waals surface area (Å²) in [5.41, 5.74) is 1.88. The van der Waals surface area contributed by atoms with Crippen LogP contribution in [0.5, 0.6) is 5.75 Å². The van der Waals surface area contributed by atoms with E-state index in [0.29, 0.717) is 37.2 Å². The summed E-state index contributed by atoms with van der Waals surface area (Å²) in [6, 6.07) is 13.9. The Morgan fingerprint density at radius 1 is 1.04 bits per heavy atom. The highest BCUT2D eigenvalue weighted by atomic mass is 16.3. The van der Waals surface area contributed by atoms with Gasteiger partial charge in [0.05, 0.1) is 5.52 Å². The number of phenols is 1. The zero-order valence-corrected chi connectivity index (χ0v) is 14.2. The zero-order chi connectivity index (χ0) is 18.1. The van der Waals surface area contributed by atoms with E-state index in [1.165, 1.54) is 12.1 Å². The SMILES string of the molecule is O=C(c1ccc(O)cc1)C1CCN(C(=O)c2n[nH]c3ccccc23)CC1. The molecule has 1 fully saturated rings. The molecule has 0 atom stereocenters. The van der Waals surface area contributed by atoms with Crippen molar-refractivity contribution in [3.8, 4) is 5.75 Å². The monoisotopic (exact) mass is 349 g/mol. The average molecular weight is 349 g/mol. The number of nitrogens with zero attached hydrogens (tertiary/aromatic N) is 2. The Labute approximate surface area is 150 Å². The highest BCUT2D eigenvalue weighted by Crippen LogP contribution is 2.25. The summed E-state index contributed by atoms with van der Waals surface area (Å²) in [6.45, 7) is 1.07. The van der Waals surface area contributed by atoms with Gasteiger partial charge >= 0.3 is 0 Å². The summed E-state index contributed by atoms with van der Waals surface area (Å²) >= 11 is 0. The molecule has 2 aromatic carbocycles. The van der Waals surface area contributed by atoms with Gasteiger partial charge in [-0.25, -0.2) is 0 Å². The quantitative estimate of drug-likeness (QED) is 0.712. The minimum atomic E-state index is -0.0991. The van der Waals surface area contributed by atoms with E-state index in [0.717, 1.165) is 10.9 Å². The van der Waals surface area contributed by atoms with Crippen LogP contribution in [0.1, 0.15) is 33.7 Å². The molecule has 1 aliphatic heterocycles. The van der Waals surface area contributed by atoms with Crippen LogP contribution in [0.25, 0.3) is 10.9 Å². The van der Waals surface area contributed by atoms with Gasteiger partial charge in [-0.05, 0) is 43.2 Å². The highest BCUT2D eigenvalue weighted by molar-refractivity contribution is 6.04. The van der Waals surface area contributed by atoms with Gasteiger partial charge < -0.3 is 10.0 Å². The zero-order valence-electron chi connectivity index (χ0n) is 14.2. The molecule has 0 bridgehead atoms. The summed E-state index contributed by atoms with van der Waals surface area (Å²) in [5.74, 6) is 0.0213. The van der Waals surface area contributed by atoms with Crippen molar-refractivity contribution in [3.05, 3.63) is 59.8 Å². The Kier molecular flexibility index (Phi) is 4.16. The number of aromatic amines is 1. The molecular weight excluding hydrogens is 330 g/mol. The van der Waals surface area contributed by atoms with Gasteiger partial charge in [0.25, 0.3) is 5.91 Å². The number of aromatic nitrogens is 2. The molecule has 1 aliphatic rings. The van der Waals surface area contributed by atoms with Gasteiger partial charge in [-0.1, -0.05) is 18.2 Å². The summed E-state index contributed by atoms with van der Waals surface area (Å²) < 4.78 is 0. The van der Waals surface area contributed by atoms with E-state index in [-0.39, 0.29) is 23.4 Å². The molecule has 2 N–H and O–H groups in total. The number of ketones is 1. The molecule has 0 aliphatic carbocycles. The fourth-order valence-corrected chi connectivity index (χ4v) is 3.48. The number of hydrogen-bond acceptors (Lipinski definition) is 4. The predicted molar refractivity (Wildman–Crippen MR) is 97.2 cm³/mol. The molecule has 26 heavy (non-hydrogen) atoms. The minimum absolute atomic E-state index is 0.0716. The number of nitrogens with one attached hydrogen (secondary N) is 1. The Balaban J connectivity index is 1.44. The maximum atomic E-state index is 12.8. The molecule has 132 valence electrons. The Hall–Kier alpha value is -3.15. The molecule has 3 aromatic rings. The van der Waals surface area contributed by atoms with E-state index in [9.17, 15) is 14.7 Å². The van der Waals surface area contributed by atoms with E-state index in [2.05, 4.69) is 10.2 Å². The molecule has 1 saturated heterocycles. The van der Waals surface area contributed by atoms with E-state index >= 15 is 0 Å². The lowest BCUT2D eigenvalue weighted by Crippen LogP contribution is -2.40. The largest absolute Gasteiger partial charge is 0.508 e. The first-order valence-corrected chi connectivity index (χ1v) is 8.69.